The van der Waals surface area contributed by atoms with Crippen molar-refractivity contribution in [2.45, 2.75) is 43.9 Å². The molecule has 8 rings (SSSR count). The fourth-order valence-corrected chi connectivity index (χ4v) is 7.28. The van der Waals surface area contributed by atoms with Crippen molar-refractivity contribution in [1.29, 1.82) is 0 Å². The SMILES string of the molecule is O=C1[C@H]2Cc3c([nH]c4cc(F)ccc34)[C@@H](c3ccc4c(c3)OCO4)N2C(=O)CN1C1CCN(Cc2ccccc2)CC1. The molecule has 0 bridgehead atoms. The third-order valence-electron chi connectivity index (χ3n) is 9.31. The van der Waals surface area contributed by atoms with Crippen molar-refractivity contribution in [3.63, 3.8) is 0 Å². The highest BCUT2D eigenvalue weighted by molar-refractivity contribution is 5.98. The number of rotatable bonds is 4. The first kappa shape index (κ1) is 25.3. The number of hydrogen-bond acceptors (Lipinski definition) is 5. The number of nitrogens with one attached hydrogen (secondary N) is 1. The van der Waals surface area contributed by atoms with Crippen LogP contribution in [0.1, 0.15) is 41.3 Å². The van der Waals surface area contributed by atoms with E-state index in [1.807, 2.05) is 29.2 Å². The molecule has 214 valence electrons. The molecule has 0 spiro atoms. The van der Waals surface area contributed by atoms with Crippen molar-refractivity contribution >= 4 is 22.7 Å². The average molecular weight is 567 g/mol. The van der Waals surface area contributed by atoms with Crippen molar-refractivity contribution in [2.24, 2.45) is 0 Å². The maximum atomic E-state index is 14.3. The van der Waals surface area contributed by atoms with Crippen LogP contribution in [-0.2, 0) is 22.6 Å². The maximum absolute atomic E-state index is 14.3. The van der Waals surface area contributed by atoms with Gasteiger partial charge in [-0.1, -0.05) is 36.4 Å². The summed E-state index contributed by atoms with van der Waals surface area (Å²) in [5.74, 6) is 0.831. The van der Waals surface area contributed by atoms with Crippen molar-refractivity contribution in [3.05, 3.63) is 94.9 Å². The lowest BCUT2D eigenvalue weighted by Gasteiger charge is -2.49. The predicted molar refractivity (Wildman–Crippen MR) is 153 cm³/mol. The first-order chi connectivity index (χ1) is 20.5. The molecule has 0 radical (unpaired) electrons. The van der Waals surface area contributed by atoms with Gasteiger partial charge in [0.25, 0.3) is 0 Å². The first-order valence-corrected chi connectivity index (χ1v) is 14.6. The molecule has 1 aromatic heterocycles. The second-order valence-corrected chi connectivity index (χ2v) is 11.7. The van der Waals surface area contributed by atoms with Gasteiger partial charge in [0.05, 0.1) is 6.04 Å². The van der Waals surface area contributed by atoms with E-state index in [1.54, 1.807) is 11.0 Å². The quantitative estimate of drug-likeness (QED) is 0.397. The number of carbonyl (C=O) groups is 2. The summed E-state index contributed by atoms with van der Waals surface area (Å²) in [5.41, 5.74) is 4.53. The molecule has 42 heavy (non-hydrogen) atoms. The van der Waals surface area contributed by atoms with Crippen molar-refractivity contribution in [2.75, 3.05) is 26.4 Å². The number of piperidine rings is 1. The number of aromatic amines is 1. The molecule has 0 unspecified atom stereocenters. The molecule has 0 saturated carbocycles. The van der Waals surface area contributed by atoms with Gasteiger partial charge in [0.15, 0.2) is 11.5 Å². The van der Waals surface area contributed by atoms with E-state index in [2.05, 4.69) is 34.1 Å². The zero-order chi connectivity index (χ0) is 28.4. The molecule has 2 amide bonds. The number of ether oxygens (including phenoxy) is 2. The lowest BCUT2D eigenvalue weighted by molar-refractivity contribution is -0.161. The molecule has 9 heteroatoms. The first-order valence-electron chi connectivity index (χ1n) is 14.6. The fourth-order valence-electron chi connectivity index (χ4n) is 7.28. The summed E-state index contributed by atoms with van der Waals surface area (Å²) in [4.78, 5) is 37.7. The summed E-state index contributed by atoms with van der Waals surface area (Å²) < 4.78 is 25.4. The van der Waals surface area contributed by atoms with Crippen molar-refractivity contribution in [1.82, 2.24) is 19.7 Å². The van der Waals surface area contributed by atoms with E-state index in [0.29, 0.717) is 23.4 Å². The summed E-state index contributed by atoms with van der Waals surface area (Å²) in [6, 6.07) is 19.6. The Hall–Kier alpha value is -4.37. The Balaban J connectivity index is 1.11. The number of fused-ring (bicyclic) bond motifs is 5. The molecule has 8 nitrogen and oxygen atoms in total. The molecule has 1 N–H and O–H groups in total. The monoisotopic (exact) mass is 566 g/mol. The average Bonchev–Trinajstić information content (AvgIpc) is 3.62. The maximum Gasteiger partial charge on any atom is 0.246 e. The zero-order valence-electron chi connectivity index (χ0n) is 23.1. The van der Waals surface area contributed by atoms with Crippen LogP contribution < -0.4 is 9.47 Å². The zero-order valence-corrected chi connectivity index (χ0v) is 23.1. The fraction of sp³-hybridized carbons (Fsp3) is 0.333. The summed E-state index contributed by atoms with van der Waals surface area (Å²) in [5, 5.41) is 0.878. The molecule has 5 heterocycles. The predicted octanol–water partition coefficient (Wildman–Crippen LogP) is 4.39. The normalized spacial score (nSPS) is 22.5. The van der Waals surface area contributed by atoms with Crippen LogP contribution in [0.3, 0.4) is 0 Å². The van der Waals surface area contributed by atoms with E-state index >= 15 is 0 Å². The van der Waals surface area contributed by atoms with E-state index < -0.39 is 12.1 Å². The standard InChI is InChI=1S/C33H31FN4O4/c34-22-7-8-24-25-16-27-33(40)37(23-10-12-36(13-11-23)17-20-4-2-1-3-5-20)18-30(39)38(27)32(31(25)35-26(24)15-22)21-6-9-28-29(14-21)42-19-41-28/h1-9,14-15,23,27,32,35H,10-13,16-19H2/t27-,32-/m1/s1. The van der Waals surface area contributed by atoms with Gasteiger partial charge in [-0.2, -0.15) is 0 Å². The van der Waals surface area contributed by atoms with Crippen LogP contribution in [0.2, 0.25) is 0 Å². The van der Waals surface area contributed by atoms with Gasteiger partial charge in [-0.05, 0) is 59.9 Å². The second-order valence-electron chi connectivity index (χ2n) is 11.7. The van der Waals surface area contributed by atoms with Gasteiger partial charge in [-0.15, -0.1) is 0 Å². The number of halogens is 1. The summed E-state index contributed by atoms with van der Waals surface area (Å²) in [6.45, 7) is 2.85. The third kappa shape index (κ3) is 4.14. The van der Waals surface area contributed by atoms with Crippen LogP contribution >= 0.6 is 0 Å². The Kier molecular flexibility index (Phi) is 5.96. The largest absolute Gasteiger partial charge is 0.454 e. The molecular formula is C33H31FN4O4. The summed E-state index contributed by atoms with van der Waals surface area (Å²) in [6.07, 6.45) is 2.06. The number of H-pyrrole nitrogens is 1. The van der Waals surface area contributed by atoms with Gasteiger partial charge in [0.2, 0.25) is 18.6 Å². The topological polar surface area (TPSA) is 78.1 Å². The van der Waals surface area contributed by atoms with Crippen LogP contribution in [0.5, 0.6) is 11.5 Å². The molecule has 3 aromatic carbocycles. The number of likely N-dealkylation sites (tertiary alicyclic amines) is 1. The van der Waals surface area contributed by atoms with Crippen LogP contribution in [-0.4, -0.2) is 70.0 Å². The van der Waals surface area contributed by atoms with Crippen LogP contribution in [0.15, 0.2) is 66.7 Å². The van der Waals surface area contributed by atoms with Crippen molar-refractivity contribution in [3.8, 4) is 11.5 Å². The highest BCUT2D eigenvalue weighted by Gasteiger charge is 2.50. The summed E-state index contributed by atoms with van der Waals surface area (Å²) in [7, 11) is 0. The number of amides is 2. The Morgan fingerprint density at radius 3 is 2.57 bits per heavy atom. The molecular weight excluding hydrogens is 535 g/mol. The molecule has 2 saturated heterocycles. The number of aromatic nitrogens is 1. The van der Waals surface area contributed by atoms with Gasteiger partial charge < -0.3 is 24.3 Å². The molecule has 2 atom stereocenters. The minimum atomic E-state index is -0.638. The summed E-state index contributed by atoms with van der Waals surface area (Å²) >= 11 is 0. The van der Waals surface area contributed by atoms with E-state index in [4.69, 9.17) is 9.47 Å². The van der Waals surface area contributed by atoms with Gasteiger partial charge in [0, 0.05) is 48.7 Å². The minimum absolute atomic E-state index is 0.0102. The van der Waals surface area contributed by atoms with Crippen LogP contribution in [0.25, 0.3) is 10.9 Å². The number of benzene rings is 3. The van der Waals surface area contributed by atoms with E-state index in [1.165, 1.54) is 17.7 Å². The van der Waals surface area contributed by atoms with Gasteiger partial charge in [-0.25, -0.2) is 4.39 Å². The van der Waals surface area contributed by atoms with Crippen LogP contribution in [0, 0.1) is 5.82 Å². The molecule has 4 aromatic rings. The third-order valence-corrected chi connectivity index (χ3v) is 9.31. The van der Waals surface area contributed by atoms with Crippen molar-refractivity contribution < 1.29 is 23.5 Å². The molecule has 2 fully saturated rings. The van der Waals surface area contributed by atoms with E-state index in [-0.39, 0.29) is 37.0 Å². The number of hydrogen-bond donors (Lipinski definition) is 1. The van der Waals surface area contributed by atoms with Crippen LogP contribution in [0.4, 0.5) is 4.39 Å². The highest BCUT2D eigenvalue weighted by Crippen LogP contribution is 2.45. The van der Waals surface area contributed by atoms with Gasteiger partial charge in [0.1, 0.15) is 18.4 Å². The number of nitrogens with zero attached hydrogens (tertiary/aromatic N) is 3. The highest BCUT2D eigenvalue weighted by atomic mass is 19.1. The molecule has 4 aliphatic heterocycles. The van der Waals surface area contributed by atoms with Gasteiger partial charge in [-0.3, -0.25) is 14.5 Å². The van der Waals surface area contributed by atoms with E-state index in [0.717, 1.165) is 54.7 Å². The number of piperazine rings is 1. The Labute approximate surface area is 242 Å². The Morgan fingerprint density at radius 1 is 0.929 bits per heavy atom. The molecule has 0 aliphatic carbocycles. The lowest BCUT2D eigenvalue weighted by Crippen LogP contribution is -2.65. The Morgan fingerprint density at radius 2 is 1.74 bits per heavy atom. The van der Waals surface area contributed by atoms with E-state index in [9.17, 15) is 14.0 Å². The Bertz CT molecular complexity index is 1700. The minimum Gasteiger partial charge on any atom is -0.454 e. The second kappa shape index (κ2) is 9.87. The molecule has 4 aliphatic rings. The van der Waals surface area contributed by atoms with Gasteiger partial charge >= 0.3 is 0 Å². The lowest BCUT2D eigenvalue weighted by atomic mass is 9.85. The smallest absolute Gasteiger partial charge is 0.246 e. The number of carbonyl (C=O) groups excluding carboxylic acids is 2.